The van der Waals surface area contributed by atoms with Crippen molar-refractivity contribution in [3.05, 3.63) is 52.7 Å². The zero-order valence-corrected chi connectivity index (χ0v) is 18.3. The maximum Gasteiger partial charge on any atom is 0.393 e. The maximum atomic E-state index is 12.9. The predicted octanol–water partition coefficient (Wildman–Crippen LogP) is 5.91. The van der Waals surface area contributed by atoms with E-state index in [-0.39, 0.29) is 10.3 Å². The lowest BCUT2D eigenvalue weighted by Gasteiger charge is -2.25. The first-order valence-corrected chi connectivity index (χ1v) is 11.7. The van der Waals surface area contributed by atoms with Gasteiger partial charge in [0.15, 0.2) is 0 Å². The molecule has 1 spiro atoms. The van der Waals surface area contributed by atoms with Crippen LogP contribution >= 0.6 is 11.3 Å². The first-order chi connectivity index (χ1) is 15.3. The number of thiophene rings is 1. The summed E-state index contributed by atoms with van der Waals surface area (Å²) < 4.78 is 38.6. The highest BCUT2D eigenvalue weighted by atomic mass is 32.1. The molecular weight excluding hydrogens is 433 g/mol. The van der Waals surface area contributed by atoms with Gasteiger partial charge in [-0.3, -0.25) is 0 Å². The normalized spacial score (nSPS) is 23.3. The molecule has 2 aromatic heterocycles. The molecule has 1 aromatic carbocycles. The summed E-state index contributed by atoms with van der Waals surface area (Å²) in [6, 6.07) is 11.7. The van der Waals surface area contributed by atoms with Crippen molar-refractivity contribution < 1.29 is 13.2 Å². The summed E-state index contributed by atoms with van der Waals surface area (Å²) in [5.41, 5.74) is 2.16. The molecule has 32 heavy (non-hydrogen) atoms. The fourth-order valence-corrected chi connectivity index (χ4v) is 6.54. The van der Waals surface area contributed by atoms with Crippen LogP contribution in [-0.2, 0) is 12.8 Å². The molecule has 1 saturated carbocycles. The zero-order chi connectivity index (χ0) is 22.3. The molecule has 3 heterocycles. The first-order valence-electron chi connectivity index (χ1n) is 10.9. The van der Waals surface area contributed by atoms with Crippen molar-refractivity contribution in [2.24, 2.45) is 11.3 Å². The van der Waals surface area contributed by atoms with Gasteiger partial charge in [-0.15, -0.1) is 11.3 Å². The van der Waals surface area contributed by atoms with Crippen LogP contribution in [0.2, 0.25) is 0 Å². The molecule has 2 unspecified atom stereocenters. The summed E-state index contributed by atoms with van der Waals surface area (Å²) in [5.74, 6) is 1.36. The third-order valence-electron chi connectivity index (χ3n) is 6.86. The predicted molar refractivity (Wildman–Crippen MR) is 119 cm³/mol. The van der Waals surface area contributed by atoms with Crippen LogP contribution in [0.5, 0.6) is 0 Å². The van der Waals surface area contributed by atoms with Gasteiger partial charge in [0.25, 0.3) is 0 Å². The molecule has 166 valence electrons. The Balaban J connectivity index is 1.30. The van der Waals surface area contributed by atoms with Gasteiger partial charge < -0.3 is 4.90 Å². The van der Waals surface area contributed by atoms with Gasteiger partial charge in [0, 0.05) is 18.0 Å². The standard InChI is InChI=1S/C24H23F3N4S/c25-24(26,27)12-19-10-20-21(29-15-30-22(20)32-19)31-7-6-23(14-31)5-4-17(11-23)8-16-2-1-3-18(9-16)13-28/h1-3,9-10,15,17H,4-8,11-12,14H2. The van der Waals surface area contributed by atoms with Gasteiger partial charge in [0.05, 0.1) is 23.4 Å². The number of rotatable bonds is 4. The Morgan fingerprint density at radius 3 is 2.91 bits per heavy atom. The Kier molecular flexibility index (Phi) is 5.32. The molecule has 2 fully saturated rings. The molecule has 1 saturated heterocycles. The van der Waals surface area contributed by atoms with Crippen LogP contribution < -0.4 is 4.90 Å². The van der Waals surface area contributed by atoms with Gasteiger partial charge in [-0.2, -0.15) is 18.4 Å². The van der Waals surface area contributed by atoms with Crippen LogP contribution in [0.3, 0.4) is 0 Å². The quantitative estimate of drug-likeness (QED) is 0.490. The Morgan fingerprint density at radius 1 is 1.22 bits per heavy atom. The minimum atomic E-state index is -4.22. The van der Waals surface area contributed by atoms with Crippen LogP contribution in [-0.4, -0.2) is 29.2 Å². The van der Waals surface area contributed by atoms with Gasteiger partial charge in [-0.1, -0.05) is 12.1 Å². The summed E-state index contributed by atoms with van der Waals surface area (Å²) >= 11 is 1.10. The second kappa shape index (κ2) is 8.04. The SMILES string of the molecule is N#Cc1cccc(CC2CCC3(CCN(c4ncnc5sc(CC(F)(F)F)cc45)C3)C2)c1. The molecule has 0 amide bonds. The lowest BCUT2D eigenvalue weighted by Crippen LogP contribution is -2.26. The van der Waals surface area contributed by atoms with Crippen molar-refractivity contribution in [3.8, 4) is 6.07 Å². The van der Waals surface area contributed by atoms with E-state index in [9.17, 15) is 13.2 Å². The number of halogens is 3. The van der Waals surface area contributed by atoms with E-state index in [4.69, 9.17) is 5.26 Å². The molecule has 4 nitrogen and oxygen atoms in total. The van der Waals surface area contributed by atoms with Crippen LogP contribution in [0.25, 0.3) is 10.2 Å². The highest BCUT2D eigenvalue weighted by molar-refractivity contribution is 7.18. The molecule has 8 heteroatoms. The van der Waals surface area contributed by atoms with Gasteiger partial charge in [-0.05, 0) is 67.2 Å². The van der Waals surface area contributed by atoms with E-state index in [1.54, 1.807) is 6.07 Å². The molecular formula is C24H23F3N4S. The largest absolute Gasteiger partial charge is 0.393 e. The molecule has 5 rings (SSSR count). The van der Waals surface area contributed by atoms with Crippen LogP contribution in [0.1, 0.15) is 41.7 Å². The van der Waals surface area contributed by atoms with E-state index in [0.29, 0.717) is 16.3 Å². The smallest absolute Gasteiger partial charge is 0.355 e. The fourth-order valence-electron chi connectivity index (χ4n) is 5.52. The summed E-state index contributed by atoms with van der Waals surface area (Å²) in [4.78, 5) is 11.8. The Hall–Kier alpha value is -2.66. The third kappa shape index (κ3) is 4.31. The van der Waals surface area contributed by atoms with Crippen LogP contribution in [0.15, 0.2) is 36.7 Å². The number of aromatic nitrogens is 2. The summed E-state index contributed by atoms with van der Waals surface area (Å²) in [6.07, 6.45) is 1.84. The lowest BCUT2D eigenvalue weighted by atomic mass is 9.83. The molecule has 3 aromatic rings. The summed E-state index contributed by atoms with van der Waals surface area (Å²) in [6.45, 7) is 1.76. The number of nitriles is 1. The van der Waals surface area contributed by atoms with E-state index in [0.717, 1.165) is 67.7 Å². The number of hydrogen-bond acceptors (Lipinski definition) is 5. The maximum absolute atomic E-state index is 12.9. The monoisotopic (exact) mass is 456 g/mol. The average Bonchev–Trinajstić information content (AvgIpc) is 3.45. The summed E-state index contributed by atoms with van der Waals surface area (Å²) in [7, 11) is 0. The molecule has 0 N–H and O–H groups in total. The molecule has 1 aliphatic heterocycles. The Bertz CT molecular complexity index is 1180. The third-order valence-corrected chi connectivity index (χ3v) is 7.90. The van der Waals surface area contributed by atoms with Crippen molar-refractivity contribution in [3.63, 3.8) is 0 Å². The zero-order valence-electron chi connectivity index (χ0n) is 17.5. The van der Waals surface area contributed by atoms with Crippen molar-refractivity contribution in [1.29, 1.82) is 5.26 Å². The van der Waals surface area contributed by atoms with Gasteiger partial charge >= 0.3 is 6.18 Å². The highest BCUT2D eigenvalue weighted by Crippen LogP contribution is 2.50. The van der Waals surface area contributed by atoms with Crippen molar-refractivity contribution in [2.75, 3.05) is 18.0 Å². The Morgan fingerprint density at radius 2 is 2.09 bits per heavy atom. The lowest BCUT2D eigenvalue weighted by molar-refractivity contribution is -0.126. The van der Waals surface area contributed by atoms with Crippen LogP contribution in [0.4, 0.5) is 19.0 Å². The second-order valence-electron chi connectivity index (χ2n) is 9.22. The fraction of sp³-hybridized carbons (Fsp3) is 0.458. The van der Waals surface area contributed by atoms with E-state index >= 15 is 0 Å². The first kappa shape index (κ1) is 21.2. The number of nitrogens with zero attached hydrogens (tertiary/aromatic N) is 4. The summed E-state index contributed by atoms with van der Waals surface area (Å²) in [5, 5.41) is 9.87. The van der Waals surface area contributed by atoms with Gasteiger partial charge in [0.1, 0.15) is 17.0 Å². The molecule has 2 aliphatic rings. The average molecular weight is 457 g/mol. The number of anilines is 1. The molecule has 0 radical (unpaired) electrons. The second-order valence-corrected chi connectivity index (χ2v) is 10.3. The minimum Gasteiger partial charge on any atom is -0.355 e. The number of alkyl halides is 3. The number of hydrogen-bond donors (Lipinski definition) is 0. The van der Waals surface area contributed by atoms with E-state index in [1.807, 2.05) is 18.2 Å². The molecule has 1 aliphatic carbocycles. The van der Waals surface area contributed by atoms with E-state index in [2.05, 4.69) is 27.0 Å². The van der Waals surface area contributed by atoms with E-state index in [1.165, 1.54) is 11.9 Å². The minimum absolute atomic E-state index is 0.236. The Labute approximate surface area is 188 Å². The van der Waals surface area contributed by atoms with E-state index < -0.39 is 12.6 Å². The van der Waals surface area contributed by atoms with Crippen LogP contribution in [0, 0.1) is 22.7 Å². The van der Waals surface area contributed by atoms with Crippen molar-refractivity contribution in [2.45, 2.75) is 44.7 Å². The highest BCUT2D eigenvalue weighted by Gasteiger charge is 2.44. The topological polar surface area (TPSA) is 52.8 Å². The van der Waals surface area contributed by atoms with Gasteiger partial charge in [0.2, 0.25) is 0 Å². The molecule has 2 atom stereocenters. The number of fused-ring (bicyclic) bond motifs is 1. The van der Waals surface area contributed by atoms with Gasteiger partial charge in [-0.25, -0.2) is 9.97 Å². The van der Waals surface area contributed by atoms with Crippen molar-refractivity contribution in [1.82, 2.24) is 9.97 Å². The number of benzene rings is 1. The molecule has 0 bridgehead atoms. The van der Waals surface area contributed by atoms with Crippen molar-refractivity contribution >= 4 is 27.4 Å².